The Morgan fingerprint density at radius 3 is 2.67 bits per heavy atom. The summed E-state index contributed by atoms with van der Waals surface area (Å²) in [4.78, 5) is 15.1. The van der Waals surface area contributed by atoms with Crippen molar-refractivity contribution in [1.82, 2.24) is 9.30 Å². The molecule has 3 nitrogen and oxygen atoms in total. The number of fused-ring (bicyclic) bond motifs is 1. The lowest BCUT2D eigenvalue weighted by atomic mass is 9.94. The minimum Gasteiger partial charge on any atom is -0.338 e. The highest BCUT2D eigenvalue weighted by Gasteiger charge is 2.24. The van der Waals surface area contributed by atoms with E-state index in [1.165, 1.54) is 12.0 Å². The number of benzene rings is 1. The monoisotopic (exact) mass is 318 g/mol. The van der Waals surface area contributed by atoms with Gasteiger partial charge in [-0.2, -0.15) is 0 Å². The zero-order chi connectivity index (χ0) is 16.4. The Balaban J connectivity index is 1.58. The summed E-state index contributed by atoms with van der Waals surface area (Å²) >= 11 is 0. The van der Waals surface area contributed by atoms with Crippen molar-refractivity contribution in [3.8, 4) is 0 Å². The second-order valence-corrected chi connectivity index (χ2v) is 6.62. The highest BCUT2D eigenvalue weighted by molar-refractivity contribution is 5.95. The van der Waals surface area contributed by atoms with Gasteiger partial charge in [0.25, 0.3) is 5.91 Å². The number of rotatable bonds is 2. The Hall–Kier alpha value is -2.55. The molecule has 1 aromatic carbocycles. The molecule has 122 valence electrons. The van der Waals surface area contributed by atoms with E-state index in [1.54, 1.807) is 0 Å². The number of hydrogen-bond donors (Lipinski definition) is 0. The van der Waals surface area contributed by atoms with Crippen LogP contribution in [-0.2, 0) is 0 Å². The molecular weight excluding hydrogens is 296 g/mol. The molecule has 3 aromatic rings. The summed E-state index contributed by atoms with van der Waals surface area (Å²) in [6, 6.07) is 18.6. The summed E-state index contributed by atoms with van der Waals surface area (Å²) in [5.41, 5.74) is 3.20. The number of pyridine rings is 1. The van der Waals surface area contributed by atoms with Crippen molar-refractivity contribution in [3.05, 3.63) is 78.1 Å². The lowest BCUT2D eigenvalue weighted by Crippen LogP contribution is -2.33. The lowest BCUT2D eigenvalue weighted by Gasteiger charge is -2.24. The Morgan fingerprint density at radius 1 is 1.00 bits per heavy atom. The molecular formula is C21H22N2O. The average Bonchev–Trinajstić information content (AvgIpc) is 2.91. The fourth-order valence-electron chi connectivity index (χ4n) is 3.68. The molecule has 1 aliphatic heterocycles. The summed E-state index contributed by atoms with van der Waals surface area (Å²) in [7, 11) is 0. The van der Waals surface area contributed by atoms with E-state index < -0.39 is 0 Å². The molecule has 0 saturated carbocycles. The topological polar surface area (TPSA) is 24.7 Å². The summed E-state index contributed by atoms with van der Waals surface area (Å²) in [5, 5.41) is 0. The minimum atomic E-state index is 0.154. The lowest BCUT2D eigenvalue weighted by molar-refractivity contribution is 0.0754. The van der Waals surface area contributed by atoms with Crippen LogP contribution in [0.25, 0.3) is 5.52 Å². The van der Waals surface area contributed by atoms with Gasteiger partial charge in [0.2, 0.25) is 0 Å². The van der Waals surface area contributed by atoms with Gasteiger partial charge in [-0.25, -0.2) is 0 Å². The van der Waals surface area contributed by atoms with E-state index in [4.69, 9.17) is 0 Å². The Bertz CT molecular complexity index is 804. The van der Waals surface area contributed by atoms with E-state index in [0.717, 1.165) is 37.0 Å². The number of aromatic nitrogens is 1. The van der Waals surface area contributed by atoms with Crippen molar-refractivity contribution in [2.24, 2.45) is 0 Å². The number of amides is 1. The van der Waals surface area contributed by atoms with Crippen LogP contribution in [0.5, 0.6) is 0 Å². The molecule has 0 radical (unpaired) electrons. The van der Waals surface area contributed by atoms with Gasteiger partial charge in [-0.15, -0.1) is 0 Å². The highest BCUT2D eigenvalue weighted by Crippen LogP contribution is 2.27. The number of carbonyl (C=O) groups is 1. The molecule has 24 heavy (non-hydrogen) atoms. The summed E-state index contributed by atoms with van der Waals surface area (Å²) in [5.74, 6) is 0.594. The van der Waals surface area contributed by atoms with Gasteiger partial charge in [0.15, 0.2) is 0 Å². The predicted octanol–water partition coefficient (Wildman–Crippen LogP) is 4.35. The van der Waals surface area contributed by atoms with Crippen LogP contribution in [0.1, 0.15) is 41.1 Å². The van der Waals surface area contributed by atoms with Gasteiger partial charge in [-0.1, -0.05) is 42.8 Å². The fourth-order valence-corrected chi connectivity index (χ4v) is 3.68. The van der Waals surface area contributed by atoms with E-state index in [9.17, 15) is 4.79 Å². The first-order valence-electron chi connectivity index (χ1n) is 8.72. The van der Waals surface area contributed by atoms with E-state index in [-0.39, 0.29) is 5.91 Å². The van der Waals surface area contributed by atoms with Crippen LogP contribution < -0.4 is 0 Å². The van der Waals surface area contributed by atoms with Crippen molar-refractivity contribution in [2.75, 3.05) is 13.1 Å². The third-order valence-corrected chi connectivity index (χ3v) is 4.98. The Labute approximate surface area is 142 Å². The Kier molecular flexibility index (Phi) is 4.08. The minimum absolute atomic E-state index is 0.154. The number of likely N-dealkylation sites (tertiary alicyclic amines) is 1. The average molecular weight is 318 g/mol. The highest BCUT2D eigenvalue weighted by atomic mass is 16.2. The molecule has 0 N–H and O–H groups in total. The second-order valence-electron chi connectivity index (χ2n) is 6.62. The quantitative estimate of drug-likeness (QED) is 0.689. The van der Waals surface area contributed by atoms with Crippen LogP contribution in [0.15, 0.2) is 67.0 Å². The van der Waals surface area contributed by atoms with Crippen LogP contribution in [0.3, 0.4) is 0 Å². The van der Waals surface area contributed by atoms with Crippen molar-refractivity contribution < 1.29 is 4.79 Å². The van der Waals surface area contributed by atoms with Crippen LogP contribution in [0, 0.1) is 0 Å². The summed E-state index contributed by atoms with van der Waals surface area (Å²) in [6.07, 6.45) is 7.36. The van der Waals surface area contributed by atoms with Crippen LogP contribution in [0.2, 0.25) is 0 Å². The molecule has 1 atom stereocenters. The summed E-state index contributed by atoms with van der Waals surface area (Å²) < 4.78 is 2.01. The molecule has 0 spiro atoms. The normalized spacial score (nSPS) is 18.5. The molecule has 2 aromatic heterocycles. The smallest absolute Gasteiger partial charge is 0.255 e. The molecule has 1 fully saturated rings. The first-order valence-corrected chi connectivity index (χ1v) is 8.72. The first kappa shape index (κ1) is 15.0. The van der Waals surface area contributed by atoms with Crippen molar-refractivity contribution >= 4 is 11.4 Å². The SMILES string of the molecule is O=C(c1cc2ccccn2c1)N1CCCC[C@@H](c2ccccc2)C1. The van der Waals surface area contributed by atoms with E-state index in [2.05, 4.69) is 30.3 Å². The molecule has 1 amide bonds. The van der Waals surface area contributed by atoms with Crippen molar-refractivity contribution in [3.63, 3.8) is 0 Å². The molecule has 0 unspecified atom stereocenters. The van der Waals surface area contributed by atoms with Crippen molar-refractivity contribution in [1.29, 1.82) is 0 Å². The van der Waals surface area contributed by atoms with Crippen LogP contribution in [0.4, 0.5) is 0 Å². The van der Waals surface area contributed by atoms with Gasteiger partial charge in [0, 0.05) is 36.9 Å². The zero-order valence-electron chi connectivity index (χ0n) is 13.8. The van der Waals surface area contributed by atoms with Gasteiger partial charge < -0.3 is 9.30 Å². The molecule has 1 saturated heterocycles. The van der Waals surface area contributed by atoms with Gasteiger partial charge in [-0.05, 0) is 36.6 Å². The van der Waals surface area contributed by atoms with Gasteiger partial charge >= 0.3 is 0 Å². The zero-order valence-corrected chi connectivity index (χ0v) is 13.8. The first-order chi connectivity index (χ1) is 11.8. The molecule has 1 aliphatic rings. The standard InChI is InChI=1S/C21H22N2O/c24-21(19-14-20-11-5-7-12-22(20)16-19)23-13-6-4-10-18(15-23)17-8-2-1-3-9-17/h1-3,5,7-9,11-12,14,16,18H,4,6,10,13,15H2/t18-/m1/s1. The Morgan fingerprint density at radius 2 is 1.83 bits per heavy atom. The van der Waals surface area contributed by atoms with E-state index in [0.29, 0.717) is 5.92 Å². The largest absolute Gasteiger partial charge is 0.338 e. The molecule has 0 bridgehead atoms. The predicted molar refractivity (Wildman–Crippen MR) is 96.3 cm³/mol. The molecule has 3 heterocycles. The third-order valence-electron chi connectivity index (χ3n) is 4.98. The van der Waals surface area contributed by atoms with Gasteiger partial charge in [0.05, 0.1) is 5.56 Å². The maximum atomic E-state index is 13.0. The fraction of sp³-hybridized carbons (Fsp3) is 0.286. The second kappa shape index (κ2) is 6.52. The van der Waals surface area contributed by atoms with Crippen molar-refractivity contribution in [2.45, 2.75) is 25.2 Å². The molecule has 3 heteroatoms. The maximum absolute atomic E-state index is 13.0. The number of hydrogen-bond acceptors (Lipinski definition) is 1. The van der Waals surface area contributed by atoms with E-state index >= 15 is 0 Å². The van der Waals surface area contributed by atoms with E-state index in [1.807, 2.05) is 46.0 Å². The molecule has 0 aliphatic carbocycles. The number of nitrogens with zero attached hydrogens (tertiary/aromatic N) is 2. The van der Waals surface area contributed by atoms with Gasteiger partial charge in [-0.3, -0.25) is 4.79 Å². The molecule has 4 rings (SSSR count). The number of carbonyl (C=O) groups excluding carboxylic acids is 1. The van der Waals surface area contributed by atoms with Crippen LogP contribution >= 0.6 is 0 Å². The summed E-state index contributed by atoms with van der Waals surface area (Å²) in [6.45, 7) is 1.67. The maximum Gasteiger partial charge on any atom is 0.255 e. The van der Waals surface area contributed by atoms with Gasteiger partial charge in [0.1, 0.15) is 0 Å². The van der Waals surface area contributed by atoms with Crippen LogP contribution in [-0.4, -0.2) is 28.3 Å². The third kappa shape index (κ3) is 2.94.